The van der Waals surface area contributed by atoms with Gasteiger partial charge in [-0.1, -0.05) is 36.4 Å². The summed E-state index contributed by atoms with van der Waals surface area (Å²) in [6, 6.07) is 12.6. The molecule has 9 nitrogen and oxygen atoms in total. The van der Waals surface area contributed by atoms with Crippen LogP contribution in [0.3, 0.4) is 0 Å². The Labute approximate surface area is 265 Å². The fourth-order valence-electron chi connectivity index (χ4n) is 7.75. The van der Waals surface area contributed by atoms with E-state index < -0.39 is 17.3 Å². The second kappa shape index (κ2) is 11.3. The lowest BCUT2D eigenvalue weighted by molar-refractivity contribution is 0.107. The van der Waals surface area contributed by atoms with E-state index in [0.717, 1.165) is 38.8 Å². The maximum absolute atomic E-state index is 16.7. The van der Waals surface area contributed by atoms with Crippen LogP contribution in [0, 0.1) is 23.0 Å². The molecule has 1 N–H and O–H groups in total. The highest BCUT2D eigenvalue weighted by atomic mass is 19.1. The number of benzene rings is 2. The summed E-state index contributed by atoms with van der Waals surface area (Å²) in [6.45, 7) is 4.80. The summed E-state index contributed by atoms with van der Waals surface area (Å²) in [5.74, 6) is -0.551. The summed E-state index contributed by atoms with van der Waals surface area (Å²) < 4.78 is 38.1. The van der Waals surface area contributed by atoms with Gasteiger partial charge in [-0.2, -0.15) is 15.2 Å². The first-order chi connectivity index (χ1) is 22.5. The lowest BCUT2D eigenvalue weighted by Crippen LogP contribution is -2.61. The number of halogens is 2. The number of piperazine rings is 1. The second-order valence-electron chi connectivity index (χ2n) is 12.6. The van der Waals surface area contributed by atoms with E-state index in [-0.39, 0.29) is 22.8 Å². The molecule has 46 heavy (non-hydrogen) atoms. The van der Waals surface area contributed by atoms with Crippen molar-refractivity contribution in [2.24, 2.45) is 0 Å². The van der Waals surface area contributed by atoms with Gasteiger partial charge in [-0.3, -0.25) is 14.8 Å². The van der Waals surface area contributed by atoms with Crippen LogP contribution < -0.4 is 15.0 Å². The molecule has 2 aromatic heterocycles. The van der Waals surface area contributed by atoms with Gasteiger partial charge in [0.05, 0.1) is 10.9 Å². The third-order valence-corrected chi connectivity index (χ3v) is 10.1. The molecule has 0 bridgehead atoms. The van der Waals surface area contributed by atoms with Gasteiger partial charge in [-0.15, -0.1) is 0 Å². The largest absolute Gasteiger partial charge is 0.461 e. The van der Waals surface area contributed by atoms with Crippen molar-refractivity contribution >= 4 is 27.5 Å². The lowest BCUT2D eigenvalue weighted by Gasteiger charge is -2.43. The zero-order chi connectivity index (χ0) is 31.3. The molecule has 1 atom stereocenters. The van der Waals surface area contributed by atoms with Crippen LogP contribution in [0.1, 0.15) is 25.7 Å². The average molecular weight is 621 g/mol. The SMILES string of the molecule is N#CC1(N2CCN(c3nc(OCC45CCCN4CCC5)nc4c(F)c(-c5cccc6cccc(F)c56)ncc34)CC2)C=CC=CN1. The third-order valence-electron chi connectivity index (χ3n) is 10.1. The smallest absolute Gasteiger partial charge is 0.319 e. The van der Waals surface area contributed by atoms with Gasteiger partial charge in [0, 0.05) is 43.3 Å². The average Bonchev–Trinajstić information content (AvgIpc) is 3.69. The Balaban J connectivity index is 1.19. The van der Waals surface area contributed by atoms with Crippen molar-refractivity contribution < 1.29 is 13.5 Å². The van der Waals surface area contributed by atoms with E-state index >= 15 is 8.78 Å². The summed E-state index contributed by atoms with van der Waals surface area (Å²) >= 11 is 0. The monoisotopic (exact) mass is 620 g/mol. The van der Waals surface area contributed by atoms with Crippen LogP contribution in [0.15, 0.2) is 67.0 Å². The first kappa shape index (κ1) is 28.8. The molecule has 0 amide bonds. The summed E-state index contributed by atoms with van der Waals surface area (Å²) in [4.78, 5) is 20.7. The van der Waals surface area contributed by atoms with E-state index in [9.17, 15) is 5.26 Å². The molecule has 4 aliphatic heterocycles. The number of aromatic nitrogens is 3. The summed E-state index contributed by atoms with van der Waals surface area (Å²) in [6.07, 6.45) is 13.3. The van der Waals surface area contributed by atoms with Crippen LogP contribution in [0.2, 0.25) is 0 Å². The number of ether oxygens (including phenoxy) is 1. The number of fused-ring (bicyclic) bond motifs is 3. The molecule has 2 aromatic carbocycles. The van der Waals surface area contributed by atoms with Gasteiger partial charge in [0.15, 0.2) is 11.5 Å². The maximum atomic E-state index is 16.7. The van der Waals surface area contributed by atoms with Crippen molar-refractivity contribution in [1.82, 2.24) is 30.1 Å². The van der Waals surface area contributed by atoms with Crippen LogP contribution in [0.5, 0.6) is 6.01 Å². The Bertz CT molecular complexity index is 1920. The number of hydrogen-bond acceptors (Lipinski definition) is 9. The van der Waals surface area contributed by atoms with Crippen molar-refractivity contribution in [3.05, 3.63) is 78.7 Å². The van der Waals surface area contributed by atoms with Gasteiger partial charge in [0.1, 0.15) is 35.5 Å². The number of allylic oxidation sites excluding steroid dienone is 2. The third kappa shape index (κ3) is 4.66. The first-order valence-corrected chi connectivity index (χ1v) is 16.0. The quantitative estimate of drug-likeness (QED) is 0.314. The van der Waals surface area contributed by atoms with E-state index in [0.29, 0.717) is 60.3 Å². The Kier molecular flexibility index (Phi) is 7.07. The Morgan fingerprint density at radius 1 is 0.935 bits per heavy atom. The highest BCUT2D eigenvalue weighted by molar-refractivity contribution is 5.99. The molecule has 0 saturated carbocycles. The van der Waals surface area contributed by atoms with Crippen molar-refractivity contribution in [1.29, 1.82) is 5.26 Å². The normalized spacial score (nSPS) is 22.7. The van der Waals surface area contributed by atoms with Gasteiger partial charge < -0.3 is 15.0 Å². The number of anilines is 1. The van der Waals surface area contributed by atoms with E-state index in [4.69, 9.17) is 9.72 Å². The molecule has 0 radical (unpaired) electrons. The zero-order valence-electron chi connectivity index (χ0n) is 25.4. The molecule has 0 aliphatic carbocycles. The highest BCUT2D eigenvalue weighted by Gasteiger charge is 2.45. The van der Waals surface area contributed by atoms with Crippen molar-refractivity contribution in [3.63, 3.8) is 0 Å². The minimum Gasteiger partial charge on any atom is -0.461 e. The molecule has 3 fully saturated rings. The molecule has 11 heteroatoms. The van der Waals surface area contributed by atoms with Gasteiger partial charge in [-0.25, -0.2) is 8.78 Å². The molecule has 3 saturated heterocycles. The van der Waals surface area contributed by atoms with E-state index in [1.54, 1.807) is 42.7 Å². The number of rotatable bonds is 6. The van der Waals surface area contributed by atoms with Crippen LogP contribution in [-0.2, 0) is 0 Å². The Morgan fingerprint density at radius 3 is 2.46 bits per heavy atom. The molecule has 4 aliphatic rings. The molecular weight excluding hydrogens is 586 g/mol. The summed E-state index contributed by atoms with van der Waals surface area (Å²) in [5.41, 5.74) is -0.482. The predicted molar refractivity (Wildman–Crippen MR) is 172 cm³/mol. The molecular formula is C35H34F2N8O. The summed E-state index contributed by atoms with van der Waals surface area (Å²) in [5, 5.41) is 14.7. The van der Waals surface area contributed by atoms with Crippen LogP contribution in [-0.4, -0.2) is 81.8 Å². The minimum absolute atomic E-state index is 0.0270. The van der Waals surface area contributed by atoms with E-state index in [1.807, 2.05) is 18.2 Å². The van der Waals surface area contributed by atoms with Crippen LogP contribution in [0.25, 0.3) is 32.9 Å². The zero-order valence-corrected chi connectivity index (χ0v) is 25.4. The van der Waals surface area contributed by atoms with Gasteiger partial charge >= 0.3 is 6.01 Å². The maximum Gasteiger partial charge on any atom is 0.319 e. The standard InChI is InChI=1S/C35H34F2N8O/c36-27-10-4-8-24-7-3-9-25(28(24)27)30-29(37)31-26(21-39-30)32(42-33(41-31)46-23-34-11-5-15-44(34)16-6-12-34)43-17-19-45(20-18-43)35(22-38)13-1-2-14-40-35/h1-4,7-10,13-14,21,40H,5-6,11-12,15-20,23H2. The van der Waals surface area contributed by atoms with E-state index in [2.05, 4.69) is 36.1 Å². The number of nitrogens with zero attached hydrogens (tertiary/aromatic N) is 7. The van der Waals surface area contributed by atoms with Gasteiger partial charge in [-0.05, 0) is 68.6 Å². The fraction of sp³-hybridized carbons (Fsp3) is 0.371. The number of nitriles is 1. The minimum atomic E-state index is -0.924. The number of pyridine rings is 1. The van der Waals surface area contributed by atoms with Crippen molar-refractivity contribution in [2.75, 3.05) is 50.8 Å². The Hall–Kier alpha value is -4.66. The molecule has 234 valence electrons. The van der Waals surface area contributed by atoms with Crippen molar-refractivity contribution in [3.8, 4) is 23.3 Å². The molecule has 4 aromatic rings. The predicted octanol–water partition coefficient (Wildman–Crippen LogP) is 5.15. The topological polar surface area (TPSA) is 93.4 Å². The van der Waals surface area contributed by atoms with Gasteiger partial charge in [0.2, 0.25) is 0 Å². The fourth-order valence-corrected chi connectivity index (χ4v) is 7.75. The van der Waals surface area contributed by atoms with Gasteiger partial charge in [0.25, 0.3) is 0 Å². The number of dihydropyridines is 1. The number of nitrogens with one attached hydrogen (secondary N) is 1. The highest BCUT2D eigenvalue weighted by Crippen LogP contribution is 2.40. The molecule has 6 heterocycles. The van der Waals surface area contributed by atoms with Crippen LogP contribution in [0.4, 0.5) is 14.6 Å². The van der Waals surface area contributed by atoms with E-state index in [1.165, 1.54) is 6.07 Å². The van der Waals surface area contributed by atoms with Crippen molar-refractivity contribution in [2.45, 2.75) is 36.9 Å². The molecule has 0 spiro atoms. The molecule has 1 unspecified atom stereocenters. The summed E-state index contributed by atoms with van der Waals surface area (Å²) in [7, 11) is 0. The second-order valence-corrected chi connectivity index (χ2v) is 12.6. The number of hydrogen-bond donors (Lipinski definition) is 1. The first-order valence-electron chi connectivity index (χ1n) is 16.0. The lowest BCUT2D eigenvalue weighted by atomic mass is 9.95. The van der Waals surface area contributed by atoms with Crippen LogP contribution >= 0.6 is 0 Å². The Morgan fingerprint density at radius 2 is 1.72 bits per heavy atom. The molecule has 8 rings (SSSR count).